The van der Waals surface area contributed by atoms with Crippen LogP contribution >= 0.6 is 11.6 Å². The Morgan fingerprint density at radius 3 is 2.83 bits per heavy atom. The summed E-state index contributed by atoms with van der Waals surface area (Å²) >= 11 is 5.57. The minimum Gasteiger partial charge on any atom is -0.388 e. The van der Waals surface area contributed by atoms with Crippen LogP contribution in [0.15, 0.2) is 18.2 Å². The fraction of sp³-hybridized carbons (Fsp3) is 0.125. The molecule has 0 aliphatic heterocycles. The topological polar surface area (TPSA) is 37.3 Å². The smallest absolute Gasteiger partial charge is 0.189 e. The van der Waals surface area contributed by atoms with Gasteiger partial charge in [0.05, 0.1) is 5.02 Å². The van der Waals surface area contributed by atoms with Crippen molar-refractivity contribution in [2.24, 2.45) is 0 Å². The van der Waals surface area contributed by atoms with Crippen LogP contribution in [-0.2, 0) is 0 Å². The third kappa shape index (κ3) is 1.81. The molecule has 1 aromatic rings. The van der Waals surface area contributed by atoms with Crippen molar-refractivity contribution in [1.29, 1.82) is 0 Å². The molecule has 0 aliphatic carbocycles. The van der Waals surface area contributed by atoms with E-state index in [-0.39, 0.29) is 10.6 Å². The SMILES string of the molecule is O=C(CO)c1cc(F)ccc1Cl. The molecule has 0 heterocycles. The first-order chi connectivity index (χ1) is 5.65. The number of halogens is 2. The van der Waals surface area contributed by atoms with Crippen LogP contribution in [0, 0.1) is 5.82 Å². The Hall–Kier alpha value is -0.930. The zero-order chi connectivity index (χ0) is 9.14. The van der Waals surface area contributed by atoms with Gasteiger partial charge in [-0.3, -0.25) is 4.79 Å². The minimum absolute atomic E-state index is 0.0131. The third-order valence-corrected chi connectivity index (χ3v) is 1.70. The Kier molecular flexibility index (Phi) is 2.78. The van der Waals surface area contributed by atoms with Crippen LogP contribution in [0.25, 0.3) is 0 Å². The van der Waals surface area contributed by atoms with E-state index in [1.54, 1.807) is 0 Å². The second-order valence-corrected chi connectivity index (χ2v) is 2.61. The van der Waals surface area contributed by atoms with Gasteiger partial charge in [-0.2, -0.15) is 0 Å². The van der Waals surface area contributed by atoms with E-state index in [0.717, 1.165) is 12.1 Å². The lowest BCUT2D eigenvalue weighted by Crippen LogP contribution is -2.05. The highest BCUT2D eigenvalue weighted by Gasteiger charge is 2.09. The van der Waals surface area contributed by atoms with Crippen molar-refractivity contribution in [3.05, 3.63) is 34.6 Å². The molecule has 12 heavy (non-hydrogen) atoms. The zero-order valence-electron chi connectivity index (χ0n) is 6.05. The van der Waals surface area contributed by atoms with Crippen molar-refractivity contribution in [2.75, 3.05) is 6.61 Å². The molecule has 0 saturated heterocycles. The molecule has 0 amide bonds. The maximum absolute atomic E-state index is 12.6. The van der Waals surface area contributed by atoms with E-state index in [2.05, 4.69) is 0 Å². The predicted molar refractivity (Wildman–Crippen MR) is 42.8 cm³/mol. The fourth-order valence-corrected chi connectivity index (χ4v) is 1.02. The third-order valence-electron chi connectivity index (χ3n) is 1.37. The van der Waals surface area contributed by atoms with Gasteiger partial charge in [-0.25, -0.2) is 4.39 Å². The number of carbonyl (C=O) groups excluding carboxylic acids is 1. The molecule has 0 atom stereocenters. The molecule has 4 heteroatoms. The van der Waals surface area contributed by atoms with Crippen LogP contribution in [0.4, 0.5) is 4.39 Å². The standard InChI is InChI=1S/C8H6ClFO2/c9-7-2-1-5(10)3-6(7)8(12)4-11/h1-3,11H,4H2. The summed E-state index contributed by atoms with van der Waals surface area (Å²) < 4.78 is 12.6. The summed E-state index contributed by atoms with van der Waals surface area (Å²) in [5.41, 5.74) is 0.0131. The van der Waals surface area contributed by atoms with Crippen molar-refractivity contribution < 1.29 is 14.3 Å². The Bertz CT molecular complexity index is 312. The number of carbonyl (C=O) groups is 1. The average Bonchev–Trinajstić information content (AvgIpc) is 2.08. The molecule has 0 saturated carbocycles. The van der Waals surface area contributed by atoms with Gasteiger partial charge in [-0.05, 0) is 18.2 Å². The molecule has 0 aliphatic rings. The molecule has 0 fully saturated rings. The number of ketones is 1. The van der Waals surface area contributed by atoms with Gasteiger partial charge in [0.25, 0.3) is 0 Å². The largest absolute Gasteiger partial charge is 0.388 e. The summed E-state index contributed by atoms with van der Waals surface area (Å²) in [4.78, 5) is 10.9. The van der Waals surface area contributed by atoms with E-state index in [1.807, 2.05) is 0 Å². The maximum atomic E-state index is 12.6. The Morgan fingerprint density at radius 2 is 2.25 bits per heavy atom. The van der Waals surface area contributed by atoms with Crippen LogP contribution in [0.2, 0.25) is 5.02 Å². The Morgan fingerprint density at radius 1 is 1.58 bits per heavy atom. The quantitative estimate of drug-likeness (QED) is 0.717. The van der Waals surface area contributed by atoms with Crippen LogP contribution in [0.1, 0.15) is 10.4 Å². The van der Waals surface area contributed by atoms with Crippen molar-refractivity contribution in [3.8, 4) is 0 Å². The number of benzene rings is 1. The second-order valence-electron chi connectivity index (χ2n) is 2.21. The molecule has 1 N–H and O–H groups in total. The maximum Gasteiger partial charge on any atom is 0.189 e. The van der Waals surface area contributed by atoms with E-state index in [0.29, 0.717) is 0 Å². The van der Waals surface area contributed by atoms with E-state index in [4.69, 9.17) is 16.7 Å². The predicted octanol–water partition coefficient (Wildman–Crippen LogP) is 1.65. The molecule has 0 radical (unpaired) electrons. The first-order valence-electron chi connectivity index (χ1n) is 3.24. The number of Topliss-reactive ketones (excluding diaryl/α,β-unsaturated/α-hetero) is 1. The van der Waals surface area contributed by atoms with Crippen LogP contribution < -0.4 is 0 Å². The van der Waals surface area contributed by atoms with Gasteiger partial charge in [-0.15, -0.1) is 0 Å². The van der Waals surface area contributed by atoms with Gasteiger partial charge in [0.1, 0.15) is 12.4 Å². The van der Waals surface area contributed by atoms with Gasteiger partial charge in [0.2, 0.25) is 0 Å². The lowest BCUT2D eigenvalue weighted by atomic mass is 10.1. The lowest BCUT2D eigenvalue weighted by Gasteiger charge is -1.99. The molecule has 0 bridgehead atoms. The summed E-state index contributed by atoms with van der Waals surface area (Å²) in [5, 5.41) is 8.62. The molecule has 1 rings (SSSR count). The monoisotopic (exact) mass is 188 g/mol. The highest BCUT2D eigenvalue weighted by atomic mass is 35.5. The van der Waals surface area contributed by atoms with E-state index in [9.17, 15) is 9.18 Å². The zero-order valence-corrected chi connectivity index (χ0v) is 6.81. The molecule has 0 spiro atoms. The first-order valence-corrected chi connectivity index (χ1v) is 3.62. The summed E-state index contributed by atoms with van der Waals surface area (Å²) in [5.74, 6) is -1.13. The van der Waals surface area contributed by atoms with Crippen LogP contribution in [-0.4, -0.2) is 17.5 Å². The highest BCUT2D eigenvalue weighted by Crippen LogP contribution is 2.17. The van der Waals surface area contributed by atoms with Gasteiger partial charge in [0.15, 0.2) is 5.78 Å². The molecule has 2 nitrogen and oxygen atoms in total. The lowest BCUT2D eigenvalue weighted by molar-refractivity contribution is 0.0903. The average molecular weight is 189 g/mol. The first kappa shape index (κ1) is 9.16. The molecular formula is C8H6ClFO2. The number of hydrogen-bond donors (Lipinski definition) is 1. The van der Waals surface area contributed by atoms with Crippen LogP contribution in [0.5, 0.6) is 0 Å². The summed E-state index contributed by atoms with van der Waals surface area (Å²) in [7, 11) is 0. The van der Waals surface area contributed by atoms with Crippen LogP contribution in [0.3, 0.4) is 0 Å². The summed E-state index contributed by atoms with van der Waals surface area (Å²) in [6, 6.07) is 3.43. The number of hydrogen-bond acceptors (Lipinski definition) is 2. The minimum atomic E-state index is -0.664. The van der Waals surface area contributed by atoms with Crippen molar-refractivity contribution in [3.63, 3.8) is 0 Å². The number of aliphatic hydroxyl groups excluding tert-OH is 1. The second kappa shape index (κ2) is 3.65. The van der Waals surface area contributed by atoms with Gasteiger partial charge < -0.3 is 5.11 Å². The normalized spacial score (nSPS) is 9.92. The molecule has 0 unspecified atom stereocenters. The van der Waals surface area contributed by atoms with E-state index in [1.165, 1.54) is 6.07 Å². The van der Waals surface area contributed by atoms with Gasteiger partial charge in [-0.1, -0.05) is 11.6 Å². The highest BCUT2D eigenvalue weighted by molar-refractivity contribution is 6.34. The van der Waals surface area contributed by atoms with Crippen molar-refractivity contribution >= 4 is 17.4 Å². The van der Waals surface area contributed by atoms with Crippen molar-refractivity contribution in [1.82, 2.24) is 0 Å². The molecule has 64 valence electrons. The Labute approximate surface area is 73.6 Å². The fourth-order valence-electron chi connectivity index (χ4n) is 0.796. The summed E-state index contributed by atoms with van der Waals surface area (Å²) in [6.45, 7) is -0.664. The molecular weight excluding hydrogens is 183 g/mol. The number of aliphatic hydroxyl groups is 1. The molecule has 1 aromatic carbocycles. The number of rotatable bonds is 2. The Balaban J connectivity index is 3.13. The van der Waals surface area contributed by atoms with Gasteiger partial charge in [0, 0.05) is 5.56 Å². The molecule has 0 aromatic heterocycles. The summed E-state index contributed by atoms with van der Waals surface area (Å²) in [6.07, 6.45) is 0. The van der Waals surface area contributed by atoms with Crippen molar-refractivity contribution in [2.45, 2.75) is 0 Å². The van der Waals surface area contributed by atoms with E-state index < -0.39 is 18.2 Å². The van der Waals surface area contributed by atoms with Gasteiger partial charge >= 0.3 is 0 Å². The van der Waals surface area contributed by atoms with E-state index >= 15 is 0 Å².